The van der Waals surface area contributed by atoms with Crippen LogP contribution in [0.15, 0.2) is 5.16 Å². The van der Waals surface area contributed by atoms with Crippen LogP contribution in [0.4, 0.5) is 0 Å². The van der Waals surface area contributed by atoms with Crippen LogP contribution in [0.5, 0.6) is 0 Å². The Labute approximate surface area is 80.9 Å². The fourth-order valence-corrected chi connectivity index (χ4v) is 0.559. The van der Waals surface area contributed by atoms with Crippen molar-refractivity contribution in [3.05, 3.63) is 0 Å². The summed E-state index contributed by atoms with van der Waals surface area (Å²) in [5.74, 6) is -1.85. The van der Waals surface area contributed by atoms with Crippen molar-refractivity contribution < 1.29 is 24.0 Å². The van der Waals surface area contributed by atoms with Crippen LogP contribution in [-0.4, -0.2) is 30.5 Å². The summed E-state index contributed by atoms with van der Waals surface area (Å²) in [6.45, 7) is 3.00. The number of Topliss-reactive ketones (excluding diaryl/α,β-unsaturated/α-hetero) is 1. The number of rotatable bonds is 5. The van der Waals surface area contributed by atoms with Crippen LogP contribution >= 0.6 is 0 Å². The summed E-state index contributed by atoms with van der Waals surface area (Å²) in [7, 11) is 0. The van der Waals surface area contributed by atoms with Gasteiger partial charge in [0.1, 0.15) is 12.6 Å². The first-order chi connectivity index (χ1) is 6.56. The second kappa shape index (κ2) is 6.76. The zero-order valence-corrected chi connectivity index (χ0v) is 7.98. The van der Waals surface area contributed by atoms with Gasteiger partial charge in [-0.2, -0.15) is 0 Å². The standard InChI is InChI=1S/C8H11NO5/c1-3-13-8(12)4-7(11)5-9-14-6(2)10/h5H,3-4H2,1-2H3. The van der Waals surface area contributed by atoms with E-state index in [9.17, 15) is 14.4 Å². The van der Waals surface area contributed by atoms with Gasteiger partial charge in [-0.05, 0) is 6.92 Å². The van der Waals surface area contributed by atoms with Crippen LogP contribution in [0.25, 0.3) is 0 Å². The van der Waals surface area contributed by atoms with E-state index in [1.165, 1.54) is 0 Å². The lowest BCUT2D eigenvalue weighted by molar-refractivity contribution is -0.144. The minimum atomic E-state index is -0.634. The Morgan fingerprint density at radius 2 is 2.00 bits per heavy atom. The van der Waals surface area contributed by atoms with Crippen molar-refractivity contribution in [2.24, 2.45) is 5.16 Å². The van der Waals surface area contributed by atoms with Crippen LogP contribution < -0.4 is 0 Å². The number of carbonyl (C=O) groups is 3. The molecule has 6 nitrogen and oxygen atoms in total. The highest BCUT2D eigenvalue weighted by Gasteiger charge is 2.07. The molecule has 6 heteroatoms. The number of esters is 1. The molecule has 0 amide bonds. The third-order valence-electron chi connectivity index (χ3n) is 1.00. The first-order valence-corrected chi connectivity index (χ1v) is 3.95. The number of hydrogen-bond acceptors (Lipinski definition) is 6. The minimum Gasteiger partial charge on any atom is -0.466 e. The summed E-state index contributed by atoms with van der Waals surface area (Å²) in [6, 6.07) is 0. The molecule has 0 radical (unpaired) electrons. The molecule has 0 bridgehead atoms. The van der Waals surface area contributed by atoms with Gasteiger partial charge < -0.3 is 9.57 Å². The largest absolute Gasteiger partial charge is 0.466 e. The van der Waals surface area contributed by atoms with Gasteiger partial charge in [0.15, 0.2) is 5.78 Å². The SMILES string of the molecule is CCOC(=O)CC(=O)C=NOC(C)=O. The summed E-state index contributed by atoms with van der Waals surface area (Å²) < 4.78 is 4.51. The number of carbonyl (C=O) groups excluding carboxylic acids is 3. The van der Waals surface area contributed by atoms with Gasteiger partial charge in [-0.15, -0.1) is 0 Å². The van der Waals surface area contributed by atoms with Crippen molar-refractivity contribution in [3.8, 4) is 0 Å². The summed E-state index contributed by atoms with van der Waals surface area (Å²) in [5.41, 5.74) is 0. The van der Waals surface area contributed by atoms with Crippen molar-refractivity contribution >= 4 is 23.9 Å². The fraction of sp³-hybridized carbons (Fsp3) is 0.500. The van der Waals surface area contributed by atoms with E-state index in [1.54, 1.807) is 6.92 Å². The van der Waals surface area contributed by atoms with Gasteiger partial charge in [-0.25, -0.2) is 4.79 Å². The van der Waals surface area contributed by atoms with Gasteiger partial charge in [0, 0.05) is 6.92 Å². The first-order valence-electron chi connectivity index (χ1n) is 3.95. The Morgan fingerprint density at radius 1 is 1.36 bits per heavy atom. The molecular weight excluding hydrogens is 190 g/mol. The van der Waals surface area contributed by atoms with Gasteiger partial charge in [0.05, 0.1) is 6.61 Å². The van der Waals surface area contributed by atoms with Crippen LogP contribution in [0.3, 0.4) is 0 Å². The molecule has 0 fully saturated rings. The predicted octanol–water partition coefficient (Wildman–Crippen LogP) is 0.0576. The Balaban J connectivity index is 3.80. The normalized spacial score (nSPS) is 9.86. The van der Waals surface area contributed by atoms with Crippen LogP contribution in [0.1, 0.15) is 20.3 Å². The number of oxime groups is 1. The maximum absolute atomic E-state index is 10.9. The molecule has 0 aliphatic carbocycles. The molecule has 0 rings (SSSR count). The number of hydrogen-bond donors (Lipinski definition) is 0. The number of ketones is 1. The molecule has 0 aromatic heterocycles. The van der Waals surface area contributed by atoms with E-state index in [0.717, 1.165) is 13.1 Å². The van der Waals surface area contributed by atoms with Gasteiger partial charge in [-0.1, -0.05) is 5.16 Å². The number of nitrogens with zero attached hydrogens (tertiary/aromatic N) is 1. The molecule has 0 aromatic carbocycles. The molecule has 0 saturated carbocycles. The monoisotopic (exact) mass is 201 g/mol. The molecule has 0 spiro atoms. The van der Waals surface area contributed by atoms with Crippen LogP contribution in [-0.2, 0) is 24.0 Å². The Bertz CT molecular complexity index is 258. The summed E-state index contributed by atoms with van der Waals surface area (Å²) in [5, 5.41) is 3.05. The third-order valence-corrected chi connectivity index (χ3v) is 1.00. The smallest absolute Gasteiger partial charge is 0.331 e. The van der Waals surface area contributed by atoms with Crippen molar-refractivity contribution in [2.75, 3.05) is 6.61 Å². The highest BCUT2D eigenvalue weighted by Crippen LogP contribution is 1.87. The molecule has 0 heterocycles. The highest BCUT2D eigenvalue weighted by molar-refractivity contribution is 6.31. The van der Waals surface area contributed by atoms with Gasteiger partial charge >= 0.3 is 11.9 Å². The van der Waals surface area contributed by atoms with Crippen molar-refractivity contribution in [1.82, 2.24) is 0 Å². The summed E-state index contributed by atoms with van der Waals surface area (Å²) in [6.07, 6.45) is 0.358. The van der Waals surface area contributed by atoms with E-state index in [2.05, 4.69) is 14.7 Å². The lowest BCUT2D eigenvalue weighted by Gasteiger charge is -1.96. The molecule has 78 valence electrons. The molecule has 0 aromatic rings. The summed E-state index contributed by atoms with van der Waals surface area (Å²) >= 11 is 0. The van der Waals surface area contributed by atoms with Crippen LogP contribution in [0, 0.1) is 0 Å². The van der Waals surface area contributed by atoms with E-state index in [1.807, 2.05) is 0 Å². The van der Waals surface area contributed by atoms with Crippen molar-refractivity contribution in [1.29, 1.82) is 0 Å². The average Bonchev–Trinajstić information content (AvgIpc) is 2.03. The molecule has 0 aliphatic rings. The molecule has 0 unspecified atom stereocenters. The van der Waals surface area contributed by atoms with E-state index in [4.69, 9.17) is 0 Å². The van der Waals surface area contributed by atoms with Gasteiger partial charge in [0.25, 0.3) is 0 Å². The van der Waals surface area contributed by atoms with E-state index < -0.39 is 24.1 Å². The van der Waals surface area contributed by atoms with E-state index in [-0.39, 0.29) is 6.61 Å². The molecule has 0 saturated heterocycles. The maximum atomic E-state index is 10.9. The van der Waals surface area contributed by atoms with Gasteiger partial charge in [-0.3, -0.25) is 9.59 Å². The average molecular weight is 201 g/mol. The second-order valence-electron chi connectivity index (χ2n) is 2.27. The quantitative estimate of drug-likeness (QED) is 0.206. The highest BCUT2D eigenvalue weighted by atomic mass is 16.7. The molecule has 14 heavy (non-hydrogen) atoms. The lowest BCUT2D eigenvalue weighted by atomic mass is 10.3. The lowest BCUT2D eigenvalue weighted by Crippen LogP contribution is -2.12. The van der Waals surface area contributed by atoms with Crippen molar-refractivity contribution in [2.45, 2.75) is 20.3 Å². The van der Waals surface area contributed by atoms with E-state index in [0.29, 0.717) is 0 Å². The fourth-order valence-electron chi connectivity index (χ4n) is 0.559. The molecule has 0 atom stereocenters. The third kappa shape index (κ3) is 6.96. The zero-order valence-electron chi connectivity index (χ0n) is 7.98. The number of ether oxygens (including phenoxy) is 1. The Hall–Kier alpha value is -1.72. The van der Waals surface area contributed by atoms with Crippen molar-refractivity contribution in [3.63, 3.8) is 0 Å². The zero-order chi connectivity index (χ0) is 11.0. The topological polar surface area (TPSA) is 82.0 Å². The van der Waals surface area contributed by atoms with Gasteiger partial charge in [0.2, 0.25) is 0 Å². The Kier molecular flexibility index (Phi) is 5.93. The summed E-state index contributed by atoms with van der Waals surface area (Å²) in [4.78, 5) is 35.9. The molecule has 0 aliphatic heterocycles. The van der Waals surface area contributed by atoms with E-state index >= 15 is 0 Å². The molecule has 0 N–H and O–H groups in total. The first kappa shape index (κ1) is 12.3. The molecular formula is C8H11NO5. The van der Waals surface area contributed by atoms with Crippen LogP contribution in [0.2, 0.25) is 0 Å². The predicted molar refractivity (Wildman–Crippen MR) is 46.5 cm³/mol. The minimum absolute atomic E-state index is 0.215. The Morgan fingerprint density at radius 3 is 2.50 bits per heavy atom. The maximum Gasteiger partial charge on any atom is 0.331 e. The second-order valence-corrected chi connectivity index (χ2v) is 2.27.